The molecule has 132 valence electrons. The Morgan fingerprint density at radius 3 is 1.92 bits per heavy atom. The molecule has 0 unspecified atom stereocenters. The van der Waals surface area contributed by atoms with Gasteiger partial charge in [0.05, 0.1) is 12.0 Å². The van der Waals surface area contributed by atoms with Gasteiger partial charge >= 0.3 is 0 Å². The van der Waals surface area contributed by atoms with E-state index >= 15 is 0 Å². The van der Waals surface area contributed by atoms with Crippen LogP contribution in [0.3, 0.4) is 0 Å². The summed E-state index contributed by atoms with van der Waals surface area (Å²) < 4.78 is 10.9. The second-order valence-electron chi connectivity index (χ2n) is 5.58. The molecule has 3 aromatic carbocycles. The van der Waals surface area contributed by atoms with Gasteiger partial charge in [-0.05, 0) is 54.1 Å². The molecule has 0 atom stereocenters. The van der Waals surface area contributed by atoms with E-state index in [0.717, 1.165) is 28.5 Å². The third-order valence-electron chi connectivity index (χ3n) is 3.79. The van der Waals surface area contributed by atoms with Gasteiger partial charge in [-0.3, -0.25) is 10.1 Å². The van der Waals surface area contributed by atoms with E-state index in [1.54, 1.807) is 19.2 Å². The summed E-state index contributed by atoms with van der Waals surface area (Å²) in [5, 5.41) is 13.9. The Hall–Kier alpha value is -3.54. The first-order chi connectivity index (χ1) is 12.6. The highest BCUT2D eigenvalue weighted by Crippen LogP contribution is 2.25. The molecule has 1 N–H and O–H groups in total. The van der Waals surface area contributed by atoms with Gasteiger partial charge in [-0.1, -0.05) is 12.1 Å². The fourth-order valence-electron chi connectivity index (χ4n) is 2.36. The average Bonchev–Trinajstić information content (AvgIpc) is 2.68. The van der Waals surface area contributed by atoms with Crippen LogP contribution in [0.1, 0.15) is 5.56 Å². The third kappa shape index (κ3) is 4.51. The van der Waals surface area contributed by atoms with Gasteiger partial charge in [-0.2, -0.15) is 0 Å². The average molecular weight is 350 g/mol. The summed E-state index contributed by atoms with van der Waals surface area (Å²) >= 11 is 0. The number of nitrogens with zero attached hydrogens (tertiary/aromatic N) is 1. The summed E-state index contributed by atoms with van der Waals surface area (Å²) in [7, 11) is 1.62. The molecular formula is C20H18N2O4. The van der Waals surface area contributed by atoms with Gasteiger partial charge in [0, 0.05) is 24.4 Å². The molecule has 0 fully saturated rings. The number of non-ortho nitro benzene ring substituents is 1. The van der Waals surface area contributed by atoms with Crippen molar-refractivity contribution in [2.45, 2.75) is 6.54 Å². The maximum Gasteiger partial charge on any atom is 0.269 e. The zero-order valence-corrected chi connectivity index (χ0v) is 14.2. The lowest BCUT2D eigenvalue weighted by atomic mass is 10.2. The molecule has 6 heteroatoms. The van der Waals surface area contributed by atoms with Crippen LogP contribution < -0.4 is 14.8 Å². The van der Waals surface area contributed by atoms with Gasteiger partial charge in [0.2, 0.25) is 0 Å². The second kappa shape index (κ2) is 8.02. The molecule has 0 bridgehead atoms. The number of nitrogens with one attached hydrogen (secondary N) is 1. The van der Waals surface area contributed by atoms with Crippen molar-refractivity contribution < 1.29 is 14.4 Å². The zero-order valence-electron chi connectivity index (χ0n) is 14.2. The first-order valence-electron chi connectivity index (χ1n) is 8.03. The summed E-state index contributed by atoms with van der Waals surface area (Å²) in [5.74, 6) is 2.25. The number of anilines is 1. The van der Waals surface area contributed by atoms with Gasteiger partial charge in [0.25, 0.3) is 5.69 Å². The number of ether oxygens (including phenoxy) is 2. The summed E-state index contributed by atoms with van der Waals surface area (Å²) in [6.45, 7) is 0.580. The van der Waals surface area contributed by atoms with Gasteiger partial charge in [-0.25, -0.2) is 0 Å². The van der Waals surface area contributed by atoms with E-state index in [1.165, 1.54) is 12.1 Å². The van der Waals surface area contributed by atoms with Crippen molar-refractivity contribution in [2.75, 3.05) is 12.4 Å². The van der Waals surface area contributed by atoms with E-state index in [2.05, 4.69) is 5.32 Å². The fourth-order valence-corrected chi connectivity index (χ4v) is 2.36. The van der Waals surface area contributed by atoms with Crippen LogP contribution in [-0.2, 0) is 6.54 Å². The van der Waals surface area contributed by atoms with E-state index in [1.807, 2.05) is 48.5 Å². The highest BCUT2D eigenvalue weighted by atomic mass is 16.6. The first kappa shape index (κ1) is 17.3. The molecule has 0 aliphatic heterocycles. The van der Waals surface area contributed by atoms with Crippen LogP contribution >= 0.6 is 0 Å². The van der Waals surface area contributed by atoms with E-state index in [0.29, 0.717) is 6.54 Å². The molecule has 0 amide bonds. The van der Waals surface area contributed by atoms with Gasteiger partial charge in [-0.15, -0.1) is 0 Å². The Labute approximate surface area is 151 Å². The number of benzene rings is 3. The van der Waals surface area contributed by atoms with Crippen LogP contribution in [0.2, 0.25) is 0 Å². The largest absolute Gasteiger partial charge is 0.497 e. The quantitative estimate of drug-likeness (QED) is 0.479. The predicted octanol–water partition coefficient (Wildman–Crippen LogP) is 5.01. The molecule has 3 aromatic rings. The summed E-state index contributed by atoms with van der Waals surface area (Å²) in [4.78, 5) is 10.3. The van der Waals surface area contributed by atoms with Crippen molar-refractivity contribution in [1.82, 2.24) is 0 Å². The number of hydrogen-bond acceptors (Lipinski definition) is 5. The molecule has 0 aromatic heterocycles. The van der Waals surface area contributed by atoms with Crippen LogP contribution in [0.25, 0.3) is 0 Å². The number of nitro benzene ring substituents is 1. The molecule has 0 aliphatic rings. The molecule has 0 heterocycles. The monoisotopic (exact) mass is 350 g/mol. The van der Waals surface area contributed by atoms with Crippen LogP contribution in [-0.4, -0.2) is 12.0 Å². The van der Waals surface area contributed by atoms with E-state index in [4.69, 9.17) is 9.47 Å². The number of nitro groups is 1. The highest BCUT2D eigenvalue weighted by molar-refractivity contribution is 5.48. The van der Waals surface area contributed by atoms with Crippen molar-refractivity contribution >= 4 is 11.4 Å². The maximum atomic E-state index is 10.7. The lowest BCUT2D eigenvalue weighted by Gasteiger charge is -2.09. The van der Waals surface area contributed by atoms with Crippen molar-refractivity contribution in [3.63, 3.8) is 0 Å². The topological polar surface area (TPSA) is 73.6 Å². The third-order valence-corrected chi connectivity index (χ3v) is 3.79. The van der Waals surface area contributed by atoms with Crippen molar-refractivity contribution in [1.29, 1.82) is 0 Å². The normalized spacial score (nSPS) is 10.2. The molecule has 0 aliphatic carbocycles. The lowest BCUT2D eigenvalue weighted by molar-refractivity contribution is -0.384. The van der Waals surface area contributed by atoms with Gasteiger partial charge < -0.3 is 14.8 Å². The standard InChI is InChI=1S/C20H18N2O4/c1-25-18-10-12-20(13-11-18)26-19-8-4-16(5-9-19)21-14-15-2-6-17(7-3-15)22(23)24/h2-13,21H,14H2,1H3. The number of methoxy groups -OCH3 is 1. The molecule has 0 radical (unpaired) electrons. The van der Waals surface area contributed by atoms with Crippen molar-refractivity contribution in [3.05, 3.63) is 88.5 Å². The Morgan fingerprint density at radius 2 is 1.38 bits per heavy atom. The van der Waals surface area contributed by atoms with Gasteiger partial charge in [0.1, 0.15) is 17.2 Å². The summed E-state index contributed by atoms with van der Waals surface area (Å²) in [5.41, 5.74) is 1.99. The SMILES string of the molecule is COc1ccc(Oc2ccc(NCc3ccc([N+](=O)[O-])cc3)cc2)cc1. The summed E-state index contributed by atoms with van der Waals surface area (Å²) in [6, 6.07) is 21.5. The Balaban J connectivity index is 1.56. The van der Waals surface area contributed by atoms with E-state index in [-0.39, 0.29) is 5.69 Å². The smallest absolute Gasteiger partial charge is 0.269 e. The van der Waals surface area contributed by atoms with Crippen molar-refractivity contribution in [2.24, 2.45) is 0 Å². The first-order valence-corrected chi connectivity index (χ1v) is 8.03. The Morgan fingerprint density at radius 1 is 0.846 bits per heavy atom. The molecule has 0 saturated heterocycles. The van der Waals surface area contributed by atoms with Crippen LogP contribution in [0.5, 0.6) is 17.2 Å². The molecule has 3 rings (SSSR count). The second-order valence-corrected chi connectivity index (χ2v) is 5.58. The zero-order chi connectivity index (χ0) is 18.4. The minimum Gasteiger partial charge on any atom is -0.497 e. The fraction of sp³-hybridized carbons (Fsp3) is 0.100. The van der Waals surface area contributed by atoms with E-state index < -0.39 is 4.92 Å². The molecular weight excluding hydrogens is 332 g/mol. The van der Waals surface area contributed by atoms with Crippen LogP contribution in [0.4, 0.5) is 11.4 Å². The van der Waals surface area contributed by atoms with Crippen LogP contribution in [0, 0.1) is 10.1 Å². The highest BCUT2D eigenvalue weighted by Gasteiger charge is 2.04. The molecule has 0 spiro atoms. The van der Waals surface area contributed by atoms with Crippen molar-refractivity contribution in [3.8, 4) is 17.2 Å². The lowest BCUT2D eigenvalue weighted by Crippen LogP contribution is -1.99. The predicted molar refractivity (Wildman–Crippen MR) is 99.9 cm³/mol. The van der Waals surface area contributed by atoms with E-state index in [9.17, 15) is 10.1 Å². The minimum atomic E-state index is -0.404. The Bertz CT molecular complexity index is 860. The molecule has 26 heavy (non-hydrogen) atoms. The summed E-state index contributed by atoms with van der Waals surface area (Å²) in [6.07, 6.45) is 0. The molecule has 6 nitrogen and oxygen atoms in total. The number of rotatable bonds is 7. The van der Waals surface area contributed by atoms with Crippen LogP contribution in [0.15, 0.2) is 72.8 Å². The van der Waals surface area contributed by atoms with Gasteiger partial charge in [0.15, 0.2) is 0 Å². The Kier molecular flexibility index (Phi) is 5.34. The number of hydrogen-bond donors (Lipinski definition) is 1. The minimum absolute atomic E-state index is 0.0915. The molecule has 0 saturated carbocycles. The maximum absolute atomic E-state index is 10.7.